The van der Waals surface area contributed by atoms with Gasteiger partial charge in [-0.3, -0.25) is 0 Å². The first-order valence-electron chi connectivity index (χ1n) is 4.27. The lowest BCUT2D eigenvalue weighted by Gasteiger charge is -2.06. The lowest BCUT2D eigenvalue weighted by Crippen LogP contribution is -2.15. The van der Waals surface area contributed by atoms with Crippen LogP contribution in [-0.2, 0) is 19.1 Å². The van der Waals surface area contributed by atoms with Crippen molar-refractivity contribution in [3.63, 3.8) is 0 Å². The molecule has 1 atom stereocenters. The molecule has 0 fully saturated rings. The average molecular weight is 214 g/mol. The standard InChI is InChI=1S/C10H14O5/c1-6(2)9(12)14-5-7(3)10(13)15-8(4)11/h5,8,11H,1H2,2-4H3/b7-5+. The van der Waals surface area contributed by atoms with E-state index in [1.807, 2.05) is 0 Å². The Hall–Kier alpha value is -1.62. The second-order valence-electron chi connectivity index (χ2n) is 2.99. The highest BCUT2D eigenvalue weighted by atomic mass is 16.6. The predicted molar refractivity (Wildman–Crippen MR) is 52.4 cm³/mol. The fourth-order valence-electron chi connectivity index (χ4n) is 0.538. The van der Waals surface area contributed by atoms with E-state index in [2.05, 4.69) is 16.1 Å². The van der Waals surface area contributed by atoms with Gasteiger partial charge in [0.15, 0.2) is 6.29 Å². The molecule has 0 radical (unpaired) electrons. The van der Waals surface area contributed by atoms with E-state index in [0.717, 1.165) is 6.26 Å². The van der Waals surface area contributed by atoms with Gasteiger partial charge in [-0.25, -0.2) is 9.59 Å². The topological polar surface area (TPSA) is 72.8 Å². The van der Waals surface area contributed by atoms with Crippen LogP contribution in [0.15, 0.2) is 24.0 Å². The molecule has 0 rings (SSSR count). The highest BCUT2D eigenvalue weighted by molar-refractivity contribution is 5.90. The Labute approximate surface area is 88.0 Å². The molecule has 1 N–H and O–H groups in total. The minimum Gasteiger partial charge on any atom is -0.433 e. The number of rotatable bonds is 4. The number of carbonyl (C=O) groups is 2. The van der Waals surface area contributed by atoms with Crippen LogP contribution in [-0.4, -0.2) is 23.3 Å². The van der Waals surface area contributed by atoms with Crippen LogP contribution >= 0.6 is 0 Å². The molecule has 84 valence electrons. The molecule has 0 bridgehead atoms. The number of hydrogen-bond acceptors (Lipinski definition) is 5. The van der Waals surface area contributed by atoms with Gasteiger partial charge in [0, 0.05) is 5.57 Å². The molecule has 0 spiro atoms. The first-order valence-corrected chi connectivity index (χ1v) is 4.27. The van der Waals surface area contributed by atoms with E-state index in [1.165, 1.54) is 20.8 Å². The Kier molecular flexibility index (Phi) is 5.33. The number of hydrogen-bond donors (Lipinski definition) is 1. The molecule has 0 heterocycles. The van der Waals surface area contributed by atoms with Crippen LogP contribution in [0.1, 0.15) is 20.8 Å². The third-order valence-electron chi connectivity index (χ3n) is 1.29. The van der Waals surface area contributed by atoms with Crippen LogP contribution in [0.5, 0.6) is 0 Å². The van der Waals surface area contributed by atoms with Gasteiger partial charge >= 0.3 is 11.9 Å². The quantitative estimate of drug-likeness (QED) is 0.325. The molecule has 5 heteroatoms. The summed E-state index contributed by atoms with van der Waals surface area (Å²) >= 11 is 0. The van der Waals surface area contributed by atoms with Crippen molar-refractivity contribution in [2.45, 2.75) is 27.1 Å². The monoisotopic (exact) mass is 214 g/mol. The second kappa shape index (κ2) is 5.98. The Morgan fingerprint density at radius 3 is 2.27 bits per heavy atom. The number of esters is 2. The van der Waals surface area contributed by atoms with Crippen LogP contribution in [0, 0.1) is 0 Å². The summed E-state index contributed by atoms with van der Waals surface area (Å²) in [5.41, 5.74) is 0.299. The van der Waals surface area contributed by atoms with Crippen LogP contribution in [0.4, 0.5) is 0 Å². The fourth-order valence-corrected chi connectivity index (χ4v) is 0.538. The van der Waals surface area contributed by atoms with Crippen molar-refractivity contribution in [3.05, 3.63) is 24.0 Å². The third kappa shape index (κ3) is 5.64. The van der Waals surface area contributed by atoms with Crippen molar-refractivity contribution in [2.75, 3.05) is 0 Å². The van der Waals surface area contributed by atoms with Crippen LogP contribution in [0.2, 0.25) is 0 Å². The van der Waals surface area contributed by atoms with Gasteiger partial charge in [0.25, 0.3) is 0 Å². The van der Waals surface area contributed by atoms with E-state index < -0.39 is 18.2 Å². The minimum atomic E-state index is -1.20. The largest absolute Gasteiger partial charge is 0.433 e. The summed E-state index contributed by atoms with van der Waals surface area (Å²) in [4.78, 5) is 22.0. The van der Waals surface area contributed by atoms with Gasteiger partial charge in [-0.2, -0.15) is 0 Å². The molecule has 1 unspecified atom stereocenters. The maximum absolute atomic E-state index is 11.1. The first-order chi connectivity index (χ1) is 6.84. The normalized spacial score (nSPS) is 12.9. The molecule has 0 saturated heterocycles. The summed E-state index contributed by atoms with van der Waals surface area (Å²) in [6.45, 7) is 7.55. The minimum absolute atomic E-state index is 0.0745. The molecule has 0 saturated carbocycles. The van der Waals surface area contributed by atoms with Crippen molar-refractivity contribution in [1.29, 1.82) is 0 Å². The molecule has 0 aliphatic rings. The van der Waals surface area contributed by atoms with Crippen molar-refractivity contribution in [1.82, 2.24) is 0 Å². The average Bonchev–Trinajstić information content (AvgIpc) is 2.12. The molecular weight excluding hydrogens is 200 g/mol. The van der Waals surface area contributed by atoms with Crippen molar-refractivity contribution in [2.24, 2.45) is 0 Å². The SMILES string of the molecule is C=C(C)C(=O)O/C=C(\C)C(=O)OC(C)O. The smallest absolute Gasteiger partial charge is 0.339 e. The molecule has 5 nitrogen and oxygen atoms in total. The number of ether oxygens (including phenoxy) is 2. The lowest BCUT2D eigenvalue weighted by atomic mass is 10.3. The lowest BCUT2D eigenvalue weighted by molar-refractivity contribution is -0.159. The van der Waals surface area contributed by atoms with Gasteiger partial charge in [-0.15, -0.1) is 0 Å². The molecule has 0 amide bonds. The summed E-state index contributed by atoms with van der Waals surface area (Å²) in [7, 11) is 0. The molecule has 0 aliphatic carbocycles. The molecular formula is C10H14O5. The zero-order valence-corrected chi connectivity index (χ0v) is 8.94. The highest BCUT2D eigenvalue weighted by Gasteiger charge is 2.10. The molecule has 0 aromatic rings. The molecule has 15 heavy (non-hydrogen) atoms. The number of aliphatic hydroxyl groups is 1. The second-order valence-corrected chi connectivity index (χ2v) is 2.99. The molecule has 0 aromatic heterocycles. The summed E-state index contributed by atoms with van der Waals surface area (Å²) < 4.78 is 9.02. The summed E-state index contributed by atoms with van der Waals surface area (Å²) in [6, 6.07) is 0. The Morgan fingerprint density at radius 1 is 1.33 bits per heavy atom. The number of carbonyl (C=O) groups excluding carboxylic acids is 2. The third-order valence-corrected chi connectivity index (χ3v) is 1.29. The zero-order valence-electron chi connectivity index (χ0n) is 8.94. The van der Waals surface area contributed by atoms with E-state index in [4.69, 9.17) is 5.11 Å². The summed E-state index contributed by atoms with van der Waals surface area (Å²) in [5.74, 6) is -1.38. The first kappa shape index (κ1) is 13.4. The van der Waals surface area contributed by atoms with E-state index in [9.17, 15) is 9.59 Å². The maximum atomic E-state index is 11.1. The predicted octanol–water partition coefficient (Wildman–Crippen LogP) is 0.891. The van der Waals surface area contributed by atoms with Gasteiger partial charge in [0.1, 0.15) is 6.26 Å². The van der Waals surface area contributed by atoms with Crippen LogP contribution < -0.4 is 0 Å². The Bertz CT molecular complexity index is 301. The van der Waals surface area contributed by atoms with E-state index >= 15 is 0 Å². The Balaban J connectivity index is 4.26. The van der Waals surface area contributed by atoms with Crippen LogP contribution in [0.25, 0.3) is 0 Å². The van der Waals surface area contributed by atoms with Crippen molar-refractivity contribution < 1.29 is 24.2 Å². The van der Waals surface area contributed by atoms with Gasteiger partial charge in [0.2, 0.25) is 0 Å². The maximum Gasteiger partial charge on any atom is 0.339 e. The van der Waals surface area contributed by atoms with Gasteiger partial charge in [-0.1, -0.05) is 6.58 Å². The fraction of sp³-hybridized carbons (Fsp3) is 0.400. The molecule has 0 aliphatic heterocycles. The summed E-state index contributed by atoms with van der Waals surface area (Å²) in [6.07, 6.45) is -0.237. The Morgan fingerprint density at radius 2 is 1.87 bits per heavy atom. The highest BCUT2D eigenvalue weighted by Crippen LogP contribution is 2.01. The van der Waals surface area contributed by atoms with Crippen molar-refractivity contribution >= 4 is 11.9 Å². The van der Waals surface area contributed by atoms with Gasteiger partial charge in [-0.05, 0) is 20.8 Å². The van der Waals surface area contributed by atoms with Crippen LogP contribution in [0.3, 0.4) is 0 Å². The van der Waals surface area contributed by atoms with Gasteiger partial charge in [0.05, 0.1) is 5.57 Å². The van der Waals surface area contributed by atoms with E-state index in [-0.39, 0.29) is 11.1 Å². The van der Waals surface area contributed by atoms with E-state index in [1.54, 1.807) is 0 Å². The van der Waals surface area contributed by atoms with E-state index in [0.29, 0.717) is 0 Å². The number of aliphatic hydroxyl groups excluding tert-OH is 1. The van der Waals surface area contributed by atoms with Gasteiger partial charge < -0.3 is 14.6 Å². The molecule has 0 aromatic carbocycles. The zero-order chi connectivity index (χ0) is 12.0. The van der Waals surface area contributed by atoms with Crippen molar-refractivity contribution in [3.8, 4) is 0 Å². The summed E-state index contributed by atoms with van der Waals surface area (Å²) in [5, 5.41) is 8.75.